The van der Waals surface area contributed by atoms with Gasteiger partial charge in [-0.25, -0.2) is 4.98 Å². The topological polar surface area (TPSA) is 71.1 Å². The maximum absolute atomic E-state index is 11.7. The number of rotatable bonds is 3. The lowest BCUT2D eigenvalue weighted by molar-refractivity contribution is -0.119. The Balaban J connectivity index is 1.85. The van der Waals surface area contributed by atoms with Crippen LogP contribution in [0.25, 0.3) is 0 Å². The monoisotopic (exact) mass is 297 g/mol. The van der Waals surface area contributed by atoms with Crippen LogP contribution < -0.4 is 10.6 Å². The molecule has 1 atom stereocenters. The maximum atomic E-state index is 11.7. The average Bonchev–Trinajstić information content (AvgIpc) is 2.73. The molecule has 1 aliphatic heterocycles. The van der Waals surface area contributed by atoms with E-state index in [1.807, 2.05) is 0 Å². The number of halogens is 1. The van der Waals surface area contributed by atoms with Crippen molar-refractivity contribution in [1.29, 1.82) is 0 Å². The van der Waals surface area contributed by atoms with Gasteiger partial charge in [0.2, 0.25) is 5.91 Å². The normalized spacial score (nSPS) is 18.9. The van der Waals surface area contributed by atoms with Gasteiger partial charge in [0, 0.05) is 25.2 Å². The van der Waals surface area contributed by atoms with E-state index in [-0.39, 0.29) is 17.9 Å². The van der Waals surface area contributed by atoms with Gasteiger partial charge in [0.15, 0.2) is 0 Å². The van der Waals surface area contributed by atoms with Gasteiger partial charge in [-0.2, -0.15) is 0 Å². The quantitative estimate of drug-likeness (QED) is 0.813. The van der Waals surface area contributed by atoms with Crippen LogP contribution in [0.2, 0.25) is 0 Å². The molecule has 0 radical (unpaired) electrons. The first kappa shape index (κ1) is 12.0. The molecule has 0 bridgehead atoms. The minimum atomic E-state index is -0.175. The first-order valence-corrected chi connectivity index (χ1v) is 6.13. The van der Waals surface area contributed by atoms with E-state index in [0.29, 0.717) is 23.1 Å². The van der Waals surface area contributed by atoms with E-state index in [0.717, 1.165) is 6.42 Å². The highest BCUT2D eigenvalue weighted by Gasteiger charge is 2.21. The third kappa shape index (κ3) is 3.26. The fourth-order valence-corrected chi connectivity index (χ4v) is 1.89. The van der Waals surface area contributed by atoms with Crippen LogP contribution in [0.5, 0.6) is 0 Å². The van der Waals surface area contributed by atoms with E-state index in [1.54, 1.807) is 12.1 Å². The van der Waals surface area contributed by atoms with Gasteiger partial charge in [0.1, 0.15) is 4.60 Å². The van der Waals surface area contributed by atoms with E-state index in [4.69, 9.17) is 0 Å². The zero-order valence-corrected chi connectivity index (χ0v) is 10.7. The highest BCUT2D eigenvalue weighted by molar-refractivity contribution is 9.10. The van der Waals surface area contributed by atoms with Crippen molar-refractivity contribution in [2.75, 3.05) is 6.54 Å². The molecule has 1 aliphatic rings. The van der Waals surface area contributed by atoms with Crippen LogP contribution in [0, 0.1) is 0 Å². The van der Waals surface area contributed by atoms with E-state index >= 15 is 0 Å². The Hall–Kier alpha value is -1.43. The molecule has 2 amide bonds. The number of nitrogens with zero attached hydrogens (tertiary/aromatic N) is 1. The van der Waals surface area contributed by atoms with Crippen molar-refractivity contribution in [1.82, 2.24) is 15.6 Å². The van der Waals surface area contributed by atoms with Crippen molar-refractivity contribution in [3.8, 4) is 0 Å². The number of aromatic nitrogens is 1. The highest BCUT2D eigenvalue weighted by Crippen LogP contribution is 2.07. The molecule has 0 aromatic carbocycles. The molecule has 90 valence electrons. The summed E-state index contributed by atoms with van der Waals surface area (Å²) in [5, 5.41) is 5.56. The zero-order valence-electron chi connectivity index (χ0n) is 9.07. The predicted molar refractivity (Wildman–Crippen MR) is 65.4 cm³/mol. The second kappa shape index (κ2) is 5.27. The fourth-order valence-electron chi connectivity index (χ4n) is 1.66. The Morgan fingerprint density at radius 1 is 1.59 bits per heavy atom. The van der Waals surface area contributed by atoms with Gasteiger partial charge in [0.25, 0.3) is 5.91 Å². The van der Waals surface area contributed by atoms with E-state index in [1.165, 1.54) is 6.20 Å². The zero-order chi connectivity index (χ0) is 12.3. The Morgan fingerprint density at radius 3 is 3.00 bits per heavy atom. The van der Waals surface area contributed by atoms with E-state index < -0.39 is 0 Å². The predicted octanol–water partition coefficient (Wildman–Crippen LogP) is 0.853. The average molecular weight is 298 g/mol. The number of carbonyl (C=O) groups is 2. The summed E-state index contributed by atoms with van der Waals surface area (Å²) in [4.78, 5) is 26.7. The molecule has 2 rings (SSSR count). The summed E-state index contributed by atoms with van der Waals surface area (Å²) >= 11 is 3.20. The summed E-state index contributed by atoms with van der Waals surface area (Å²) in [7, 11) is 0. The largest absolute Gasteiger partial charge is 0.352 e. The molecule has 1 unspecified atom stereocenters. The van der Waals surface area contributed by atoms with Crippen LogP contribution >= 0.6 is 15.9 Å². The molecular weight excluding hydrogens is 286 g/mol. The van der Waals surface area contributed by atoms with Crippen molar-refractivity contribution in [2.45, 2.75) is 18.9 Å². The van der Waals surface area contributed by atoms with Crippen LogP contribution in [-0.2, 0) is 4.79 Å². The Morgan fingerprint density at radius 2 is 2.41 bits per heavy atom. The first-order chi connectivity index (χ1) is 8.15. The molecule has 1 aromatic heterocycles. The number of hydrogen-bond acceptors (Lipinski definition) is 3. The Bertz CT molecular complexity index is 433. The van der Waals surface area contributed by atoms with Gasteiger partial charge >= 0.3 is 0 Å². The molecule has 5 nitrogen and oxygen atoms in total. The molecule has 1 fully saturated rings. The number of hydrogen-bond donors (Lipinski definition) is 2. The molecule has 2 heterocycles. The van der Waals surface area contributed by atoms with Gasteiger partial charge in [-0.15, -0.1) is 0 Å². The Kier molecular flexibility index (Phi) is 3.73. The summed E-state index contributed by atoms with van der Waals surface area (Å²) in [6.07, 6.45) is 2.82. The van der Waals surface area contributed by atoms with Gasteiger partial charge in [-0.05, 0) is 34.5 Å². The van der Waals surface area contributed by atoms with Gasteiger partial charge in [-0.1, -0.05) is 0 Å². The lowest BCUT2D eigenvalue weighted by atomic mass is 10.2. The van der Waals surface area contributed by atoms with Crippen LogP contribution in [0.3, 0.4) is 0 Å². The summed E-state index contributed by atoms with van der Waals surface area (Å²) in [6.45, 7) is 0.459. The maximum Gasteiger partial charge on any atom is 0.252 e. The molecule has 17 heavy (non-hydrogen) atoms. The van der Waals surface area contributed by atoms with E-state index in [2.05, 4.69) is 31.5 Å². The molecule has 6 heteroatoms. The smallest absolute Gasteiger partial charge is 0.252 e. The number of nitrogens with one attached hydrogen (secondary N) is 2. The third-order valence-electron chi connectivity index (χ3n) is 2.58. The molecule has 0 spiro atoms. The van der Waals surface area contributed by atoms with Crippen molar-refractivity contribution in [3.63, 3.8) is 0 Å². The summed E-state index contributed by atoms with van der Waals surface area (Å²) in [5.74, 6) is -0.124. The van der Waals surface area contributed by atoms with Gasteiger partial charge < -0.3 is 10.6 Å². The summed E-state index contributed by atoms with van der Waals surface area (Å²) in [5.41, 5.74) is 0.512. The van der Waals surface area contributed by atoms with Crippen molar-refractivity contribution >= 4 is 27.7 Å². The minimum absolute atomic E-state index is 0.0505. The van der Waals surface area contributed by atoms with Gasteiger partial charge in [0.05, 0.1) is 5.56 Å². The molecule has 0 aliphatic carbocycles. The molecule has 2 N–H and O–H groups in total. The summed E-state index contributed by atoms with van der Waals surface area (Å²) < 4.78 is 0.692. The molecular formula is C11H12BrN3O2. The third-order valence-corrected chi connectivity index (χ3v) is 3.05. The number of carbonyl (C=O) groups excluding carboxylic acids is 2. The first-order valence-electron chi connectivity index (χ1n) is 5.34. The second-order valence-corrected chi connectivity index (χ2v) is 4.70. The lowest BCUT2D eigenvalue weighted by Crippen LogP contribution is -2.38. The number of amides is 2. The minimum Gasteiger partial charge on any atom is -0.352 e. The SMILES string of the molecule is O=C1CCC(CNC(=O)c2ccc(Br)nc2)N1. The Labute approximate surface area is 107 Å². The van der Waals surface area contributed by atoms with Crippen LogP contribution in [0.1, 0.15) is 23.2 Å². The molecule has 0 saturated carbocycles. The van der Waals surface area contributed by atoms with Crippen LogP contribution in [0.15, 0.2) is 22.9 Å². The molecule has 1 saturated heterocycles. The van der Waals surface area contributed by atoms with Gasteiger partial charge in [-0.3, -0.25) is 9.59 Å². The van der Waals surface area contributed by atoms with Crippen molar-refractivity contribution < 1.29 is 9.59 Å². The standard InChI is InChI=1S/C11H12BrN3O2/c12-9-3-1-7(5-13-9)11(17)14-6-8-2-4-10(16)15-8/h1,3,5,8H,2,4,6H2,(H,14,17)(H,15,16). The second-order valence-electron chi connectivity index (χ2n) is 3.88. The van der Waals surface area contributed by atoms with Crippen molar-refractivity contribution in [3.05, 3.63) is 28.5 Å². The van der Waals surface area contributed by atoms with Crippen molar-refractivity contribution in [2.24, 2.45) is 0 Å². The van der Waals surface area contributed by atoms with E-state index in [9.17, 15) is 9.59 Å². The molecule has 1 aromatic rings. The number of pyridine rings is 1. The highest BCUT2D eigenvalue weighted by atomic mass is 79.9. The van der Waals surface area contributed by atoms with Crippen LogP contribution in [-0.4, -0.2) is 29.4 Å². The fraction of sp³-hybridized carbons (Fsp3) is 0.364. The lowest BCUT2D eigenvalue weighted by Gasteiger charge is -2.11. The summed E-state index contributed by atoms with van der Waals surface area (Å²) in [6, 6.07) is 3.46. The van der Waals surface area contributed by atoms with Crippen LogP contribution in [0.4, 0.5) is 0 Å².